The van der Waals surface area contributed by atoms with E-state index in [9.17, 15) is 9.18 Å². The van der Waals surface area contributed by atoms with Crippen LogP contribution in [0.15, 0.2) is 76.2 Å². The number of rotatable bonds is 3. The number of furan rings is 1. The minimum Gasteiger partial charge on any atom is -0.468 e. The fourth-order valence-corrected chi connectivity index (χ4v) is 4.20. The lowest BCUT2D eigenvalue weighted by Crippen LogP contribution is -2.30. The van der Waals surface area contributed by atoms with E-state index in [0.717, 1.165) is 21.9 Å². The van der Waals surface area contributed by atoms with Gasteiger partial charge in [0.25, 0.3) is 0 Å². The number of carbonyl (C=O) groups is 1. The number of nitrogens with zero attached hydrogens (tertiary/aromatic N) is 1. The van der Waals surface area contributed by atoms with Crippen LogP contribution in [-0.4, -0.2) is 5.91 Å². The van der Waals surface area contributed by atoms with E-state index in [4.69, 9.17) is 4.42 Å². The minimum atomic E-state index is -0.278. The Kier molecular flexibility index (Phi) is 4.32. The first-order valence-corrected chi connectivity index (χ1v) is 8.92. The van der Waals surface area contributed by atoms with Crippen LogP contribution >= 0.6 is 11.8 Å². The highest BCUT2D eigenvalue weighted by molar-refractivity contribution is 7.99. The van der Waals surface area contributed by atoms with Crippen molar-refractivity contribution in [3.8, 4) is 0 Å². The highest BCUT2D eigenvalue weighted by Gasteiger charge is 2.30. The molecule has 0 spiro atoms. The molecule has 126 valence electrons. The van der Waals surface area contributed by atoms with Gasteiger partial charge in [-0.25, -0.2) is 4.39 Å². The van der Waals surface area contributed by atoms with Gasteiger partial charge in [-0.15, -0.1) is 11.8 Å². The smallest absolute Gasteiger partial charge is 0.228 e. The van der Waals surface area contributed by atoms with Crippen LogP contribution in [0.2, 0.25) is 0 Å². The Labute approximate surface area is 149 Å². The summed E-state index contributed by atoms with van der Waals surface area (Å²) in [6, 6.07) is 17.9. The van der Waals surface area contributed by atoms with Gasteiger partial charge < -0.3 is 9.32 Å². The average molecular weight is 353 g/mol. The Hall–Kier alpha value is -2.53. The van der Waals surface area contributed by atoms with E-state index in [1.165, 1.54) is 12.1 Å². The third-order valence-corrected chi connectivity index (χ3v) is 5.48. The highest BCUT2D eigenvalue weighted by atomic mass is 32.2. The Balaban J connectivity index is 1.69. The molecule has 0 aliphatic carbocycles. The van der Waals surface area contributed by atoms with Crippen molar-refractivity contribution in [3.05, 3.63) is 84.1 Å². The van der Waals surface area contributed by atoms with Crippen molar-refractivity contribution >= 4 is 23.4 Å². The SMILES string of the molecule is O=C1C[C@H](c2ccco2)Sc2ccccc2N1Cc1ccc(F)cc1. The summed E-state index contributed by atoms with van der Waals surface area (Å²) < 4.78 is 18.7. The number of benzene rings is 2. The summed E-state index contributed by atoms with van der Waals surface area (Å²) in [4.78, 5) is 15.8. The normalized spacial score (nSPS) is 17.2. The van der Waals surface area contributed by atoms with E-state index in [1.54, 1.807) is 35.1 Å². The Morgan fingerprint density at radius 1 is 1.08 bits per heavy atom. The number of fused-ring (bicyclic) bond motifs is 1. The molecule has 2 heterocycles. The molecule has 0 fully saturated rings. The van der Waals surface area contributed by atoms with Crippen molar-refractivity contribution in [3.63, 3.8) is 0 Å². The van der Waals surface area contributed by atoms with Crippen molar-refractivity contribution in [1.29, 1.82) is 0 Å². The molecular weight excluding hydrogens is 337 g/mol. The number of amides is 1. The zero-order valence-electron chi connectivity index (χ0n) is 13.4. The molecule has 25 heavy (non-hydrogen) atoms. The van der Waals surface area contributed by atoms with Crippen LogP contribution in [0.4, 0.5) is 10.1 Å². The average Bonchev–Trinajstić information content (AvgIpc) is 3.11. The van der Waals surface area contributed by atoms with E-state index in [0.29, 0.717) is 13.0 Å². The molecule has 0 saturated carbocycles. The molecule has 3 nitrogen and oxygen atoms in total. The van der Waals surface area contributed by atoms with E-state index < -0.39 is 0 Å². The van der Waals surface area contributed by atoms with Crippen molar-refractivity contribution in [2.45, 2.75) is 23.1 Å². The van der Waals surface area contributed by atoms with E-state index in [1.807, 2.05) is 36.4 Å². The van der Waals surface area contributed by atoms with Gasteiger partial charge in [0, 0.05) is 11.3 Å². The Bertz CT molecular complexity index is 877. The van der Waals surface area contributed by atoms with Crippen molar-refractivity contribution in [2.75, 3.05) is 4.90 Å². The van der Waals surface area contributed by atoms with Gasteiger partial charge in [-0.2, -0.15) is 0 Å². The molecule has 1 aliphatic heterocycles. The molecule has 4 rings (SSSR count). The summed E-state index contributed by atoms with van der Waals surface area (Å²) in [7, 11) is 0. The van der Waals surface area contributed by atoms with Gasteiger partial charge in [-0.05, 0) is 42.0 Å². The van der Waals surface area contributed by atoms with Crippen molar-refractivity contribution < 1.29 is 13.6 Å². The molecule has 3 aromatic rings. The van der Waals surface area contributed by atoms with Gasteiger partial charge >= 0.3 is 0 Å². The highest BCUT2D eigenvalue weighted by Crippen LogP contribution is 2.45. The summed E-state index contributed by atoms with van der Waals surface area (Å²) >= 11 is 1.64. The fourth-order valence-electron chi connectivity index (χ4n) is 2.96. The maximum Gasteiger partial charge on any atom is 0.228 e. The lowest BCUT2D eigenvalue weighted by molar-refractivity contribution is -0.118. The van der Waals surface area contributed by atoms with E-state index in [-0.39, 0.29) is 17.0 Å². The van der Waals surface area contributed by atoms with E-state index >= 15 is 0 Å². The van der Waals surface area contributed by atoms with Gasteiger partial charge in [0.15, 0.2) is 0 Å². The maximum absolute atomic E-state index is 13.2. The second-order valence-corrected chi connectivity index (χ2v) is 7.14. The van der Waals surface area contributed by atoms with Crippen LogP contribution in [0.3, 0.4) is 0 Å². The maximum atomic E-state index is 13.2. The van der Waals surface area contributed by atoms with Crippen molar-refractivity contribution in [2.24, 2.45) is 0 Å². The third-order valence-electron chi connectivity index (χ3n) is 4.20. The summed E-state index contributed by atoms with van der Waals surface area (Å²) in [5.41, 5.74) is 1.78. The summed E-state index contributed by atoms with van der Waals surface area (Å²) in [6.45, 7) is 0.418. The molecule has 5 heteroatoms. The molecular formula is C20H16FNO2S. The number of hydrogen-bond donors (Lipinski definition) is 0. The second kappa shape index (κ2) is 6.76. The van der Waals surface area contributed by atoms with Gasteiger partial charge in [-0.1, -0.05) is 24.3 Å². The molecule has 0 unspecified atom stereocenters. The minimum absolute atomic E-state index is 0.0307. The van der Waals surface area contributed by atoms with Crippen LogP contribution < -0.4 is 4.90 Å². The van der Waals surface area contributed by atoms with Gasteiger partial charge in [0.2, 0.25) is 5.91 Å². The van der Waals surface area contributed by atoms with Gasteiger partial charge in [-0.3, -0.25) is 4.79 Å². The standard InChI is InChI=1S/C20H16FNO2S/c21-15-9-7-14(8-10-15)13-22-16-4-1-2-6-18(16)25-19(12-20(22)23)17-5-3-11-24-17/h1-11,19H,12-13H2/t19-/m1/s1. The summed E-state index contributed by atoms with van der Waals surface area (Å²) in [5, 5.41) is -0.0538. The number of para-hydroxylation sites is 1. The quantitative estimate of drug-likeness (QED) is 0.650. The molecule has 0 radical (unpaired) electrons. The number of hydrogen-bond acceptors (Lipinski definition) is 3. The number of anilines is 1. The van der Waals surface area contributed by atoms with Crippen LogP contribution in [0, 0.1) is 5.82 Å². The predicted octanol–water partition coefficient (Wildman–Crippen LogP) is 5.19. The zero-order chi connectivity index (χ0) is 17.2. The fraction of sp³-hybridized carbons (Fsp3) is 0.150. The Morgan fingerprint density at radius 2 is 1.88 bits per heavy atom. The van der Waals surface area contributed by atoms with Crippen LogP contribution in [0.25, 0.3) is 0 Å². The molecule has 1 aliphatic rings. The molecule has 2 aromatic carbocycles. The van der Waals surface area contributed by atoms with E-state index in [2.05, 4.69) is 0 Å². The first-order chi connectivity index (χ1) is 12.2. The number of thioether (sulfide) groups is 1. The second-order valence-electron chi connectivity index (χ2n) is 5.90. The predicted molar refractivity (Wildman–Crippen MR) is 96.0 cm³/mol. The molecule has 1 atom stereocenters. The van der Waals surface area contributed by atoms with Gasteiger partial charge in [0.05, 0.1) is 23.7 Å². The van der Waals surface area contributed by atoms with Crippen molar-refractivity contribution in [1.82, 2.24) is 0 Å². The molecule has 1 amide bonds. The molecule has 1 aromatic heterocycles. The first-order valence-electron chi connectivity index (χ1n) is 8.04. The van der Waals surface area contributed by atoms with Crippen LogP contribution in [-0.2, 0) is 11.3 Å². The monoisotopic (exact) mass is 353 g/mol. The topological polar surface area (TPSA) is 33.5 Å². The summed E-state index contributed by atoms with van der Waals surface area (Å²) in [6.07, 6.45) is 1.99. The molecule has 0 bridgehead atoms. The molecule has 0 saturated heterocycles. The van der Waals surface area contributed by atoms with Crippen LogP contribution in [0.1, 0.15) is 23.0 Å². The third kappa shape index (κ3) is 3.33. The van der Waals surface area contributed by atoms with Crippen LogP contribution in [0.5, 0.6) is 0 Å². The number of carbonyl (C=O) groups excluding carboxylic acids is 1. The lowest BCUT2D eigenvalue weighted by atomic mass is 10.1. The zero-order valence-corrected chi connectivity index (χ0v) is 14.2. The number of halogens is 1. The Morgan fingerprint density at radius 3 is 2.64 bits per heavy atom. The van der Waals surface area contributed by atoms with Gasteiger partial charge in [0.1, 0.15) is 11.6 Å². The largest absolute Gasteiger partial charge is 0.468 e. The first kappa shape index (κ1) is 16.0. The lowest BCUT2D eigenvalue weighted by Gasteiger charge is -2.22. The molecule has 0 N–H and O–H groups in total. The summed E-state index contributed by atoms with van der Waals surface area (Å²) in [5.74, 6) is 0.555.